The largest absolute Gasteiger partial charge is 0.383 e. The molecular formula is C18H23N3. The second-order valence-electron chi connectivity index (χ2n) is 6.08. The molecule has 2 heterocycles. The lowest BCUT2D eigenvalue weighted by Crippen LogP contribution is -2.26. The number of hydrogen-bond donors (Lipinski definition) is 1. The highest BCUT2D eigenvalue weighted by molar-refractivity contribution is 5.65. The first kappa shape index (κ1) is 14.1. The third-order valence-corrected chi connectivity index (χ3v) is 4.48. The number of aromatic nitrogens is 1. The van der Waals surface area contributed by atoms with Gasteiger partial charge >= 0.3 is 0 Å². The number of aryl methyl sites for hydroxylation is 1. The summed E-state index contributed by atoms with van der Waals surface area (Å²) in [6, 6.07) is 11.6. The molecule has 21 heavy (non-hydrogen) atoms. The van der Waals surface area contributed by atoms with E-state index in [1.165, 1.54) is 30.5 Å². The summed E-state index contributed by atoms with van der Waals surface area (Å²) in [6.07, 6.45) is 4.50. The van der Waals surface area contributed by atoms with Crippen molar-refractivity contribution < 1.29 is 0 Å². The molecule has 3 heteroatoms. The topological polar surface area (TPSA) is 42.2 Å². The SMILES string of the molecule is Cc1cc(-c2ccc(CN3CCCC3C)cc2)cnc1N. The van der Waals surface area contributed by atoms with E-state index in [0.29, 0.717) is 11.9 Å². The summed E-state index contributed by atoms with van der Waals surface area (Å²) in [5.74, 6) is 0.610. The van der Waals surface area contributed by atoms with Gasteiger partial charge in [-0.3, -0.25) is 4.90 Å². The molecule has 0 saturated carbocycles. The van der Waals surface area contributed by atoms with Gasteiger partial charge in [0.25, 0.3) is 0 Å². The molecule has 1 aliphatic heterocycles. The van der Waals surface area contributed by atoms with E-state index in [4.69, 9.17) is 5.73 Å². The normalized spacial score (nSPS) is 19.0. The molecule has 1 fully saturated rings. The molecule has 3 rings (SSSR count). The van der Waals surface area contributed by atoms with Crippen LogP contribution in [0.2, 0.25) is 0 Å². The number of hydrogen-bond acceptors (Lipinski definition) is 3. The third kappa shape index (κ3) is 3.08. The van der Waals surface area contributed by atoms with E-state index in [1.54, 1.807) is 0 Å². The molecule has 2 N–H and O–H groups in total. The zero-order valence-corrected chi connectivity index (χ0v) is 12.8. The fraction of sp³-hybridized carbons (Fsp3) is 0.389. The first-order valence-electron chi connectivity index (χ1n) is 7.69. The highest BCUT2D eigenvalue weighted by Gasteiger charge is 2.19. The Morgan fingerprint density at radius 3 is 2.62 bits per heavy atom. The van der Waals surface area contributed by atoms with Crippen LogP contribution in [0.4, 0.5) is 5.82 Å². The third-order valence-electron chi connectivity index (χ3n) is 4.48. The van der Waals surface area contributed by atoms with Crippen molar-refractivity contribution in [2.24, 2.45) is 0 Å². The van der Waals surface area contributed by atoms with Crippen molar-refractivity contribution in [3.8, 4) is 11.1 Å². The van der Waals surface area contributed by atoms with Crippen molar-refractivity contribution in [3.63, 3.8) is 0 Å². The van der Waals surface area contributed by atoms with Gasteiger partial charge in [0.15, 0.2) is 0 Å². The van der Waals surface area contributed by atoms with Crippen LogP contribution in [-0.2, 0) is 6.54 Å². The minimum absolute atomic E-state index is 0.610. The quantitative estimate of drug-likeness (QED) is 0.934. The summed E-state index contributed by atoms with van der Waals surface area (Å²) >= 11 is 0. The maximum Gasteiger partial charge on any atom is 0.126 e. The van der Waals surface area contributed by atoms with Crippen molar-refractivity contribution in [1.82, 2.24) is 9.88 Å². The summed E-state index contributed by atoms with van der Waals surface area (Å²) in [5, 5.41) is 0. The van der Waals surface area contributed by atoms with Crippen molar-refractivity contribution in [2.75, 3.05) is 12.3 Å². The zero-order valence-electron chi connectivity index (χ0n) is 12.8. The molecular weight excluding hydrogens is 258 g/mol. The molecule has 1 aliphatic rings. The van der Waals surface area contributed by atoms with Gasteiger partial charge < -0.3 is 5.73 Å². The van der Waals surface area contributed by atoms with Gasteiger partial charge in [-0.05, 0) is 56.0 Å². The van der Waals surface area contributed by atoms with E-state index < -0.39 is 0 Å². The van der Waals surface area contributed by atoms with Gasteiger partial charge in [0.05, 0.1) is 0 Å². The number of anilines is 1. The molecule has 110 valence electrons. The van der Waals surface area contributed by atoms with Crippen LogP contribution >= 0.6 is 0 Å². The van der Waals surface area contributed by atoms with Crippen LogP contribution in [0.25, 0.3) is 11.1 Å². The first-order chi connectivity index (χ1) is 10.1. The second kappa shape index (κ2) is 5.86. The average molecular weight is 281 g/mol. The van der Waals surface area contributed by atoms with E-state index in [-0.39, 0.29) is 0 Å². The van der Waals surface area contributed by atoms with Gasteiger partial charge in [0.2, 0.25) is 0 Å². The number of nitrogens with zero attached hydrogens (tertiary/aromatic N) is 2. The number of nitrogens with two attached hydrogens (primary N) is 1. The number of benzene rings is 1. The van der Waals surface area contributed by atoms with E-state index in [2.05, 4.69) is 47.1 Å². The van der Waals surface area contributed by atoms with Gasteiger partial charge in [0, 0.05) is 24.3 Å². The van der Waals surface area contributed by atoms with Crippen LogP contribution in [0.3, 0.4) is 0 Å². The highest BCUT2D eigenvalue weighted by atomic mass is 15.2. The second-order valence-corrected chi connectivity index (χ2v) is 6.08. The molecule has 0 amide bonds. The minimum Gasteiger partial charge on any atom is -0.383 e. The van der Waals surface area contributed by atoms with E-state index in [1.807, 2.05) is 13.1 Å². The lowest BCUT2D eigenvalue weighted by atomic mass is 10.0. The number of rotatable bonds is 3. The van der Waals surface area contributed by atoms with Crippen molar-refractivity contribution in [2.45, 2.75) is 39.3 Å². The van der Waals surface area contributed by atoms with E-state index in [9.17, 15) is 0 Å². The molecule has 0 aliphatic carbocycles. The van der Waals surface area contributed by atoms with Crippen LogP contribution in [-0.4, -0.2) is 22.5 Å². The average Bonchev–Trinajstić information content (AvgIpc) is 2.88. The van der Waals surface area contributed by atoms with Crippen LogP contribution in [0, 0.1) is 6.92 Å². The van der Waals surface area contributed by atoms with Crippen molar-refractivity contribution >= 4 is 5.82 Å². The van der Waals surface area contributed by atoms with Crippen LogP contribution in [0.15, 0.2) is 36.5 Å². The van der Waals surface area contributed by atoms with Gasteiger partial charge in [-0.2, -0.15) is 0 Å². The Morgan fingerprint density at radius 2 is 2.00 bits per heavy atom. The number of likely N-dealkylation sites (tertiary alicyclic amines) is 1. The predicted molar refractivity (Wildman–Crippen MR) is 87.9 cm³/mol. The van der Waals surface area contributed by atoms with Crippen LogP contribution < -0.4 is 5.73 Å². The minimum atomic E-state index is 0.610. The molecule has 1 unspecified atom stereocenters. The van der Waals surface area contributed by atoms with Crippen molar-refractivity contribution in [1.29, 1.82) is 0 Å². The van der Waals surface area contributed by atoms with Gasteiger partial charge in [-0.25, -0.2) is 4.98 Å². The fourth-order valence-corrected chi connectivity index (χ4v) is 3.01. The molecule has 3 nitrogen and oxygen atoms in total. The van der Waals surface area contributed by atoms with E-state index >= 15 is 0 Å². The summed E-state index contributed by atoms with van der Waals surface area (Å²) in [5.41, 5.74) is 10.5. The zero-order chi connectivity index (χ0) is 14.8. The van der Waals surface area contributed by atoms with E-state index in [0.717, 1.165) is 17.7 Å². The van der Waals surface area contributed by atoms with Crippen molar-refractivity contribution in [3.05, 3.63) is 47.7 Å². The Balaban J connectivity index is 1.75. The smallest absolute Gasteiger partial charge is 0.126 e. The fourth-order valence-electron chi connectivity index (χ4n) is 3.01. The lowest BCUT2D eigenvalue weighted by Gasteiger charge is -2.21. The lowest BCUT2D eigenvalue weighted by molar-refractivity contribution is 0.260. The molecule has 2 aromatic rings. The maximum absolute atomic E-state index is 5.78. The number of nitrogen functional groups attached to an aromatic ring is 1. The highest BCUT2D eigenvalue weighted by Crippen LogP contribution is 2.24. The molecule has 1 saturated heterocycles. The van der Waals surface area contributed by atoms with Crippen LogP contribution in [0.5, 0.6) is 0 Å². The number of pyridine rings is 1. The van der Waals surface area contributed by atoms with Gasteiger partial charge in [-0.15, -0.1) is 0 Å². The molecule has 0 bridgehead atoms. The first-order valence-corrected chi connectivity index (χ1v) is 7.69. The molecule has 0 spiro atoms. The monoisotopic (exact) mass is 281 g/mol. The van der Waals surface area contributed by atoms with Gasteiger partial charge in [-0.1, -0.05) is 24.3 Å². The Kier molecular flexibility index (Phi) is 3.93. The summed E-state index contributed by atoms with van der Waals surface area (Å²) < 4.78 is 0. The standard InChI is InChI=1S/C18H23N3/c1-13-10-17(11-20-18(13)19)16-7-5-15(6-8-16)12-21-9-3-4-14(21)2/h5-8,10-11,14H,3-4,9,12H2,1-2H3,(H2,19,20). The molecule has 0 radical (unpaired) electrons. The molecule has 1 atom stereocenters. The van der Waals surface area contributed by atoms with Gasteiger partial charge in [0.1, 0.15) is 5.82 Å². The summed E-state index contributed by atoms with van der Waals surface area (Å²) in [4.78, 5) is 6.80. The molecule has 1 aromatic carbocycles. The Morgan fingerprint density at radius 1 is 1.24 bits per heavy atom. The Hall–Kier alpha value is -1.87. The summed E-state index contributed by atoms with van der Waals surface area (Å²) in [7, 11) is 0. The summed E-state index contributed by atoms with van der Waals surface area (Å²) in [6.45, 7) is 6.60. The Bertz CT molecular complexity index is 619. The maximum atomic E-state index is 5.78. The Labute approximate surface area is 126 Å². The molecule has 1 aromatic heterocycles. The van der Waals surface area contributed by atoms with Crippen LogP contribution in [0.1, 0.15) is 30.9 Å². The predicted octanol–water partition coefficient (Wildman–Crippen LogP) is 3.62.